The minimum atomic E-state index is -1.02. The number of benzene rings is 1. The van der Waals surface area contributed by atoms with Crippen LogP contribution >= 0.6 is 0 Å². The molecule has 1 aromatic carbocycles. The van der Waals surface area contributed by atoms with Crippen LogP contribution in [0.3, 0.4) is 0 Å². The quantitative estimate of drug-likeness (QED) is 0.315. The number of ether oxygens (including phenoxy) is 4. The highest BCUT2D eigenvalue weighted by Crippen LogP contribution is 2.35. The molecule has 5 rings (SSSR count). The lowest BCUT2D eigenvalue weighted by molar-refractivity contribution is -0.156. The van der Waals surface area contributed by atoms with Crippen molar-refractivity contribution in [2.45, 2.75) is 52.9 Å². The van der Waals surface area contributed by atoms with Crippen LogP contribution in [0.2, 0.25) is 0 Å². The molecule has 2 bridgehead atoms. The van der Waals surface area contributed by atoms with Crippen LogP contribution < -0.4 is 25.0 Å². The van der Waals surface area contributed by atoms with Gasteiger partial charge in [0, 0.05) is 51.9 Å². The van der Waals surface area contributed by atoms with E-state index in [0.717, 1.165) is 30.9 Å². The molecule has 1 unspecified atom stereocenters. The van der Waals surface area contributed by atoms with Crippen molar-refractivity contribution in [2.24, 2.45) is 11.3 Å². The minimum Gasteiger partial charge on any atom is -0.493 e. The Labute approximate surface area is 289 Å². The molecule has 3 amide bonds. The Morgan fingerprint density at radius 3 is 2.53 bits per heavy atom. The first-order valence-corrected chi connectivity index (χ1v) is 17.2. The Bertz CT molecular complexity index is 1410. The van der Waals surface area contributed by atoms with Crippen molar-refractivity contribution in [1.82, 2.24) is 20.5 Å². The summed E-state index contributed by atoms with van der Waals surface area (Å²) in [4.78, 5) is 61.5. The van der Waals surface area contributed by atoms with E-state index < -0.39 is 5.41 Å². The molecule has 4 heterocycles. The summed E-state index contributed by atoms with van der Waals surface area (Å²) in [6.07, 6.45) is 3.64. The molecule has 0 aliphatic carbocycles. The Hall–Kier alpha value is -4.39. The van der Waals surface area contributed by atoms with E-state index in [1.54, 1.807) is 36.2 Å². The molecule has 49 heavy (non-hydrogen) atoms. The highest BCUT2D eigenvalue weighted by Gasteiger charge is 2.40. The molecule has 13 heteroatoms. The van der Waals surface area contributed by atoms with Gasteiger partial charge in [-0.2, -0.15) is 0 Å². The first kappa shape index (κ1) is 37.4. The molecule has 2 N–H and O–H groups in total. The number of morpholine rings is 1. The first-order chi connectivity index (χ1) is 23.6. The molecular formula is C36H51N5O8. The van der Waals surface area contributed by atoms with Gasteiger partial charge in [-0.05, 0) is 68.4 Å². The van der Waals surface area contributed by atoms with Crippen molar-refractivity contribution in [3.8, 4) is 11.5 Å². The van der Waals surface area contributed by atoms with Crippen molar-refractivity contribution in [3.63, 3.8) is 0 Å². The third kappa shape index (κ3) is 10.8. The molecule has 13 nitrogen and oxygen atoms in total. The van der Waals surface area contributed by atoms with Crippen LogP contribution in [0.5, 0.6) is 11.5 Å². The molecule has 1 fully saturated rings. The second kappa shape index (κ2) is 18.4. The Morgan fingerprint density at radius 1 is 1.04 bits per heavy atom. The fraction of sp³-hybridized carbons (Fsp3) is 0.583. The molecule has 1 atom stereocenters. The molecule has 1 aromatic heterocycles. The number of carbonyl (C=O) groups excluding carboxylic acids is 4. The van der Waals surface area contributed by atoms with Crippen LogP contribution in [0.1, 0.15) is 62.4 Å². The average Bonchev–Trinajstić information content (AvgIpc) is 3.11. The maximum Gasteiger partial charge on any atom is 0.314 e. The predicted molar refractivity (Wildman–Crippen MR) is 184 cm³/mol. The monoisotopic (exact) mass is 681 g/mol. The third-order valence-corrected chi connectivity index (χ3v) is 8.81. The van der Waals surface area contributed by atoms with E-state index in [-0.39, 0.29) is 69.5 Å². The van der Waals surface area contributed by atoms with Gasteiger partial charge in [0.25, 0.3) is 11.8 Å². The molecule has 3 aliphatic heterocycles. The van der Waals surface area contributed by atoms with E-state index >= 15 is 0 Å². The zero-order chi connectivity index (χ0) is 35.2. The zero-order valence-electron chi connectivity index (χ0n) is 29.3. The Kier molecular flexibility index (Phi) is 14.1. The van der Waals surface area contributed by atoms with Crippen LogP contribution in [-0.2, 0) is 30.3 Å². The van der Waals surface area contributed by atoms with E-state index in [9.17, 15) is 19.2 Å². The summed E-state index contributed by atoms with van der Waals surface area (Å²) in [6, 6.07) is 8.91. The van der Waals surface area contributed by atoms with Gasteiger partial charge in [-0.1, -0.05) is 19.9 Å². The van der Waals surface area contributed by atoms with Gasteiger partial charge < -0.3 is 39.4 Å². The van der Waals surface area contributed by atoms with Gasteiger partial charge >= 0.3 is 5.97 Å². The lowest BCUT2D eigenvalue weighted by atomic mass is 9.76. The summed E-state index contributed by atoms with van der Waals surface area (Å²) in [5.41, 5.74) is 0.197. The number of methoxy groups -OCH3 is 1. The normalized spacial score (nSPS) is 19.9. The number of nitrogens with one attached hydrogen (secondary N) is 2. The van der Waals surface area contributed by atoms with Crippen LogP contribution in [0.4, 0.5) is 5.82 Å². The second-order valence-electron chi connectivity index (χ2n) is 12.9. The van der Waals surface area contributed by atoms with Crippen LogP contribution in [-0.4, -0.2) is 106 Å². The largest absolute Gasteiger partial charge is 0.493 e. The van der Waals surface area contributed by atoms with E-state index in [0.29, 0.717) is 55.5 Å². The van der Waals surface area contributed by atoms with Gasteiger partial charge in [-0.15, -0.1) is 0 Å². The van der Waals surface area contributed by atoms with Crippen molar-refractivity contribution in [2.75, 3.05) is 77.7 Å². The number of anilines is 1. The van der Waals surface area contributed by atoms with Gasteiger partial charge in [0.05, 0.1) is 37.9 Å². The molecule has 0 saturated carbocycles. The number of carbonyl (C=O) groups is 4. The molecule has 3 aliphatic rings. The van der Waals surface area contributed by atoms with Crippen molar-refractivity contribution in [1.29, 1.82) is 0 Å². The number of aromatic nitrogens is 1. The van der Waals surface area contributed by atoms with Gasteiger partial charge in [-0.3, -0.25) is 19.2 Å². The second-order valence-corrected chi connectivity index (χ2v) is 12.9. The number of esters is 1. The van der Waals surface area contributed by atoms with E-state index in [2.05, 4.69) is 34.4 Å². The van der Waals surface area contributed by atoms with Crippen LogP contribution in [0.25, 0.3) is 0 Å². The van der Waals surface area contributed by atoms with E-state index in [1.165, 1.54) is 7.11 Å². The molecule has 1 saturated heterocycles. The van der Waals surface area contributed by atoms with E-state index in [1.807, 2.05) is 12.1 Å². The molecule has 2 aromatic rings. The summed E-state index contributed by atoms with van der Waals surface area (Å²) < 4.78 is 22.4. The zero-order valence-corrected chi connectivity index (χ0v) is 29.3. The molecule has 0 radical (unpaired) electrons. The number of hydrogen-bond donors (Lipinski definition) is 2. The molecule has 268 valence electrons. The summed E-state index contributed by atoms with van der Waals surface area (Å²) >= 11 is 0. The average molecular weight is 682 g/mol. The topological polar surface area (TPSA) is 149 Å². The number of hydrogen-bond acceptors (Lipinski definition) is 10. The van der Waals surface area contributed by atoms with Crippen molar-refractivity contribution < 1.29 is 38.1 Å². The summed E-state index contributed by atoms with van der Waals surface area (Å²) in [7, 11) is 1.51. The third-order valence-electron chi connectivity index (χ3n) is 8.81. The SMILES string of the molecule is CCOC(=O)C1(CCC(C)C)CNC(=O)CCCN(C(=O)c2ccc(N3CCOCC3)nc2)CCNC(=O)COc2ccc(cc2OC)C1. The van der Waals surface area contributed by atoms with Gasteiger partial charge in [-0.25, -0.2) is 4.98 Å². The van der Waals surface area contributed by atoms with Gasteiger partial charge in [0.15, 0.2) is 18.1 Å². The first-order valence-electron chi connectivity index (χ1n) is 17.2. The maximum absolute atomic E-state index is 13.6. The standard InChI is InChI=1S/C36H51N5O8/c1-5-48-35(45)36(13-12-26(2)3)22-27-8-10-29(30(21-27)46-4)49-24-33(43)37-14-16-41(15-6-7-32(42)39-25-36)34(44)28-9-11-31(38-23-28)40-17-19-47-20-18-40/h8-11,21,23,26H,5-7,12-20,22,24-25H2,1-4H3,(H,37,43)(H,39,42). The predicted octanol–water partition coefficient (Wildman–Crippen LogP) is 3.00. The van der Waals surface area contributed by atoms with E-state index in [4.69, 9.17) is 18.9 Å². The van der Waals surface area contributed by atoms with Crippen LogP contribution in [0.15, 0.2) is 36.5 Å². The lowest BCUT2D eigenvalue weighted by Gasteiger charge is -2.33. The highest BCUT2D eigenvalue weighted by molar-refractivity contribution is 5.94. The Morgan fingerprint density at radius 2 is 1.84 bits per heavy atom. The number of amides is 3. The number of nitrogens with zero attached hydrogens (tertiary/aromatic N) is 3. The summed E-state index contributed by atoms with van der Waals surface area (Å²) in [6.45, 7) is 9.41. The fourth-order valence-electron chi connectivity index (χ4n) is 5.97. The summed E-state index contributed by atoms with van der Waals surface area (Å²) in [5.74, 6) is 0.681. The number of rotatable bonds is 8. The van der Waals surface area contributed by atoms with Crippen molar-refractivity contribution >= 4 is 29.5 Å². The highest BCUT2D eigenvalue weighted by atomic mass is 16.5. The smallest absolute Gasteiger partial charge is 0.314 e. The Balaban J connectivity index is 1.56. The summed E-state index contributed by atoms with van der Waals surface area (Å²) in [5, 5.41) is 5.83. The molecule has 0 spiro atoms. The van der Waals surface area contributed by atoms with Gasteiger partial charge in [0.2, 0.25) is 5.91 Å². The minimum absolute atomic E-state index is 0.0974. The number of fused-ring (bicyclic) bond motifs is 16. The molecular weight excluding hydrogens is 630 g/mol. The maximum atomic E-state index is 13.6. The van der Waals surface area contributed by atoms with Gasteiger partial charge in [0.1, 0.15) is 5.82 Å². The van der Waals surface area contributed by atoms with Crippen molar-refractivity contribution in [3.05, 3.63) is 47.7 Å². The number of pyridine rings is 1. The van der Waals surface area contributed by atoms with Crippen LogP contribution in [0, 0.1) is 11.3 Å². The lowest BCUT2D eigenvalue weighted by Crippen LogP contribution is -2.46. The fourth-order valence-corrected chi connectivity index (χ4v) is 5.97.